The average Bonchev–Trinajstić information content (AvgIpc) is 2.47. The third kappa shape index (κ3) is 3.93. The molecule has 1 N–H and O–H groups in total. The van der Waals surface area contributed by atoms with Crippen LogP contribution in [-0.2, 0) is 13.2 Å². The van der Waals surface area contributed by atoms with E-state index in [1.807, 2.05) is 31.3 Å². The lowest BCUT2D eigenvalue weighted by atomic mass is 10.2. The van der Waals surface area contributed by atoms with Crippen LogP contribution in [-0.4, -0.2) is 12.0 Å². The molecular formula is C15H15ClN2O3. The number of nitro groups is 1. The van der Waals surface area contributed by atoms with Crippen LogP contribution in [0, 0.1) is 10.1 Å². The Hall–Kier alpha value is -2.11. The van der Waals surface area contributed by atoms with Crippen molar-refractivity contribution in [3.63, 3.8) is 0 Å². The Balaban J connectivity index is 2.19. The first-order valence-electron chi connectivity index (χ1n) is 6.40. The Morgan fingerprint density at radius 1 is 1.24 bits per heavy atom. The molecule has 0 aromatic heterocycles. The van der Waals surface area contributed by atoms with Crippen LogP contribution < -0.4 is 10.1 Å². The molecule has 0 aliphatic heterocycles. The van der Waals surface area contributed by atoms with E-state index in [4.69, 9.17) is 16.3 Å². The topological polar surface area (TPSA) is 64.4 Å². The van der Waals surface area contributed by atoms with Gasteiger partial charge in [-0.05, 0) is 25.2 Å². The monoisotopic (exact) mass is 306 g/mol. The van der Waals surface area contributed by atoms with Gasteiger partial charge in [0.05, 0.1) is 10.5 Å². The third-order valence-electron chi connectivity index (χ3n) is 2.97. The van der Waals surface area contributed by atoms with E-state index < -0.39 is 4.92 Å². The molecule has 0 fully saturated rings. The Morgan fingerprint density at radius 3 is 2.71 bits per heavy atom. The highest BCUT2D eigenvalue weighted by atomic mass is 35.5. The molecule has 0 saturated heterocycles. The number of rotatable bonds is 6. The molecule has 0 unspecified atom stereocenters. The van der Waals surface area contributed by atoms with Crippen LogP contribution in [0.15, 0.2) is 42.5 Å². The zero-order valence-corrected chi connectivity index (χ0v) is 12.3. The zero-order valence-electron chi connectivity index (χ0n) is 11.5. The van der Waals surface area contributed by atoms with Gasteiger partial charge in [0.1, 0.15) is 12.4 Å². The standard InChI is InChI=1S/C15H15ClN2O3/c1-17-9-11-4-2-3-5-15(11)21-10-12-6-7-13(16)8-14(12)18(19)20/h2-8,17H,9-10H2,1H3. The normalized spacial score (nSPS) is 10.4. The molecule has 2 aromatic rings. The van der Waals surface area contributed by atoms with Crippen molar-refractivity contribution in [3.8, 4) is 5.75 Å². The first kappa shape index (κ1) is 15.3. The smallest absolute Gasteiger partial charge is 0.277 e. The molecule has 2 aromatic carbocycles. The van der Waals surface area contributed by atoms with E-state index >= 15 is 0 Å². The molecule has 0 amide bonds. The van der Waals surface area contributed by atoms with E-state index in [1.165, 1.54) is 6.07 Å². The second-order valence-corrected chi connectivity index (χ2v) is 4.89. The number of nitro benzene ring substituents is 1. The highest BCUT2D eigenvalue weighted by molar-refractivity contribution is 6.30. The van der Waals surface area contributed by atoms with Crippen molar-refractivity contribution in [2.45, 2.75) is 13.2 Å². The molecule has 0 saturated carbocycles. The lowest BCUT2D eigenvalue weighted by Crippen LogP contribution is -2.08. The lowest BCUT2D eigenvalue weighted by Gasteiger charge is -2.11. The minimum Gasteiger partial charge on any atom is -0.488 e. The highest BCUT2D eigenvalue weighted by Crippen LogP contribution is 2.25. The molecule has 2 rings (SSSR count). The fourth-order valence-electron chi connectivity index (χ4n) is 1.97. The molecule has 6 heteroatoms. The fraction of sp³-hybridized carbons (Fsp3) is 0.200. The summed E-state index contributed by atoms with van der Waals surface area (Å²) in [4.78, 5) is 10.6. The maximum absolute atomic E-state index is 11.0. The molecule has 0 atom stereocenters. The number of benzene rings is 2. The Labute approximate surface area is 127 Å². The van der Waals surface area contributed by atoms with Crippen molar-refractivity contribution in [2.75, 3.05) is 7.05 Å². The van der Waals surface area contributed by atoms with Gasteiger partial charge in [0.2, 0.25) is 0 Å². The molecule has 0 radical (unpaired) electrons. The van der Waals surface area contributed by atoms with Crippen molar-refractivity contribution >= 4 is 17.3 Å². The zero-order chi connectivity index (χ0) is 15.2. The molecular weight excluding hydrogens is 292 g/mol. The van der Waals surface area contributed by atoms with Crippen LogP contribution in [0.25, 0.3) is 0 Å². The van der Waals surface area contributed by atoms with E-state index in [-0.39, 0.29) is 12.3 Å². The first-order chi connectivity index (χ1) is 10.1. The fourth-order valence-corrected chi connectivity index (χ4v) is 2.13. The summed E-state index contributed by atoms with van der Waals surface area (Å²) in [6, 6.07) is 12.1. The van der Waals surface area contributed by atoms with Crippen molar-refractivity contribution in [2.24, 2.45) is 0 Å². The number of nitrogens with zero attached hydrogens (tertiary/aromatic N) is 1. The van der Waals surface area contributed by atoms with Gasteiger partial charge in [-0.3, -0.25) is 10.1 Å². The number of nitrogens with one attached hydrogen (secondary N) is 1. The number of hydrogen-bond acceptors (Lipinski definition) is 4. The predicted octanol–water partition coefficient (Wildman–Crippen LogP) is 3.55. The second kappa shape index (κ2) is 7.06. The Bertz CT molecular complexity index is 647. The number of ether oxygens (including phenoxy) is 1. The summed E-state index contributed by atoms with van der Waals surface area (Å²) >= 11 is 5.79. The van der Waals surface area contributed by atoms with Gasteiger partial charge >= 0.3 is 0 Å². The summed E-state index contributed by atoms with van der Waals surface area (Å²) in [6.07, 6.45) is 0. The van der Waals surface area contributed by atoms with Gasteiger partial charge in [-0.25, -0.2) is 0 Å². The number of halogens is 1. The van der Waals surface area contributed by atoms with Crippen LogP contribution in [0.3, 0.4) is 0 Å². The summed E-state index contributed by atoms with van der Waals surface area (Å²) in [7, 11) is 1.85. The van der Waals surface area contributed by atoms with Gasteiger partial charge in [0.15, 0.2) is 0 Å². The van der Waals surface area contributed by atoms with Gasteiger partial charge in [0, 0.05) is 23.2 Å². The van der Waals surface area contributed by atoms with Crippen molar-refractivity contribution in [1.29, 1.82) is 0 Å². The largest absolute Gasteiger partial charge is 0.488 e. The van der Waals surface area contributed by atoms with Crippen molar-refractivity contribution in [3.05, 3.63) is 68.7 Å². The minimum absolute atomic E-state index is 0.0337. The van der Waals surface area contributed by atoms with E-state index in [2.05, 4.69) is 5.32 Å². The Kier molecular flexibility index (Phi) is 5.14. The van der Waals surface area contributed by atoms with Crippen LogP contribution in [0.5, 0.6) is 5.75 Å². The predicted molar refractivity (Wildman–Crippen MR) is 81.6 cm³/mol. The van der Waals surface area contributed by atoms with Gasteiger partial charge in [-0.1, -0.05) is 29.8 Å². The molecule has 0 bridgehead atoms. The van der Waals surface area contributed by atoms with E-state index in [1.54, 1.807) is 12.1 Å². The molecule has 110 valence electrons. The summed E-state index contributed by atoms with van der Waals surface area (Å²) in [6.45, 7) is 0.785. The second-order valence-electron chi connectivity index (χ2n) is 4.46. The summed E-state index contributed by atoms with van der Waals surface area (Å²) in [5, 5.41) is 14.4. The summed E-state index contributed by atoms with van der Waals surface area (Å²) in [5.74, 6) is 0.705. The van der Waals surface area contributed by atoms with Gasteiger partial charge in [0.25, 0.3) is 5.69 Å². The molecule has 21 heavy (non-hydrogen) atoms. The third-order valence-corrected chi connectivity index (χ3v) is 3.20. The van der Waals surface area contributed by atoms with E-state index in [0.29, 0.717) is 22.9 Å². The highest BCUT2D eigenvalue weighted by Gasteiger charge is 2.15. The average molecular weight is 307 g/mol. The molecule has 0 aliphatic carbocycles. The minimum atomic E-state index is -0.454. The van der Waals surface area contributed by atoms with Crippen LogP contribution >= 0.6 is 11.6 Å². The van der Waals surface area contributed by atoms with Crippen molar-refractivity contribution in [1.82, 2.24) is 5.32 Å². The number of hydrogen-bond donors (Lipinski definition) is 1. The summed E-state index contributed by atoms with van der Waals surface area (Å²) in [5.41, 5.74) is 1.45. The van der Waals surface area contributed by atoms with Gasteiger partial charge < -0.3 is 10.1 Å². The Morgan fingerprint density at radius 2 is 2.00 bits per heavy atom. The number of para-hydroxylation sites is 1. The van der Waals surface area contributed by atoms with E-state index in [0.717, 1.165) is 5.56 Å². The maximum Gasteiger partial charge on any atom is 0.277 e. The first-order valence-corrected chi connectivity index (χ1v) is 6.77. The molecule has 0 heterocycles. The molecule has 0 aliphatic rings. The van der Waals surface area contributed by atoms with Crippen LogP contribution in [0.1, 0.15) is 11.1 Å². The molecule has 5 nitrogen and oxygen atoms in total. The van der Waals surface area contributed by atoms with Gasteiger partial charge in [-0.15, -0.1) is 0 Å². The maximum atomic E-state index is 11.0. The SMILES string of the molecule is CNCc1ccccc1OCc1ccc(Cl)cc1[N+](=O)[O-]. The van der Waals surface area contributed by atoms with Gasteiger partial charge in [-0.2, -0.15) is 0 Å². The van der Waals surface area contributed by atoms with Crippen LogP contribution in [0.4, 0.5) is 5.69 Å². The summed E-state index contributed by atoms with van der Waals surface area (Å²) < 4.78 is 5.72. The molecule has 0 spiro atoms. The van der Waals surface area contributed by atoms with E-state index in [9.17, 15) is 10.1 Å². The quantitative estimate of drug-likeness (QED) is 0.655. The lowest BCUT2D eigenvalue weighted by molar-refractivity contribution is -0.385. The van der Waals surface area contributed by atoms with Crippen LogP contribution in [0.2, 0.25) is 5.02 Å². The van der Waals surface area contributed by atoms with Crippen molar-refractivity contribution < 1.29 is 9.66 Å².